The van der Waals surface area contributed by atoms with Gasteiger partial charge in [-0.05, 0) is 11.6 Å². The highest BCUT2D eigenvalue weighted by Gasteiger charge is 2.06. The summed E-state index contributed by atoms with van der Waals surface area (Å²) in [4.78, 5) is 16.6. The fourth-order valence-corrected chi connectivity index (χ4v) is 2.15. The third-order valence-electron chi connectivity index (χ3n) is 2.58. The first-order valence-electron chi connectivity index (χ1n) is 5.69. The highest BCUT2D eigenvalue weighted by molar-refractivity contribution is 7.09. The molecule has 0 saturated heterocycles. The van der Waals surface area contributed by atoms with E-state index in [1.54, 1.807) is 18.4 Å². The van der Waals surface area contributed by atoms with Crippen molar-refractivity contribution in [1.82, 2.24) is 10.3 Å². The first-order chi connectivity index (χ1) is 8.79. The Morgan fingerprint density at radius 2 is 2.22 bits per heavy atom. The average molecular weight is 261 g/mol. The van der Waals surface area contributed by atoms with E-state index < -0.39 is 0 Å². The Labute approximate surface area is 110 Å². The molecule has 0 aliphatic rings. The summed E-state index contributed by atoms with van der Waals surface area (Å²) in [5.74, 6) is 0.0158. The summed E-state index contributed by atoms with van der Waals surface area (Å²) in [5, 5.41) is 5.97. The fraction of sp³-hybridized carbons (Fsp3) is 0.231. The first-order valence-corrected chi connectivity index (χ1v) is 6.57. The number of hydrogen-bond acceptors (Lipinski definition) is 4. The minimum absolute atomic E-state index is 0.0158. The van der Waals surface area contributed by atoms with E-state index in [1.807, 2.05) is 36.0 Å². The summed E-state index contributed by atoms with van der Waals surface area (Å²) in [6.07, 6.45) is 2.24. The number of amides is 1. The van der Waals surface area contributed by atoms with Gasteiger partial charge in [0.05, 0.1) is 18.5 Å². The average Bonchev–Trinajstić information content (AvgIpc) is 2.91. The van der Waals surface area contributed by atoms with Gasteiger partial charge in [0.15, 0.2) is 0 Å². The van der Waals surface area contributed by atoms with E-state index in [2.05, 4.69) is 15.6 Å². The van der Waals surface area contributed by atoms with Crippen molar-refractivity contribution in [1.29, 1.82) is 0 Å². The molecule has 1 heterocycles. The van der Waals surface area contributed by atoms with Gasteiger partial charge in [0.2, 0.25) is 5.91 Å². The molecule has 0 aliphatic carbocycles. The fourth-order valence-electron chi connectivity index (χ4n) is 1.62. The molecule has 2 N–H and O–H groups in total. The molecule has 0 bridgehead atoms. The van der Waals surface area contributed by atoms with Crippen LogP contribution >= 0.6 is 11.3 Å². The lowest BCUT2D eigenvalue weighted by Crippen LogP contribution is -2.20. The zero-order valence-electron chi connectivity index (χ0n) is 10.1. The molecule has 0 aliphatic heterocycles. The molecule has 0 radical (unpaired) electrons. The zero-order chi connectivity index (χ0) is 12.8. The third kappa shape index (κ3) is 3.30. The molecule has 1 aromatic carbocycles. The zero-order valence-corrected chi connectivity index (χ0v) is 11.0. The number of anilines is 1. The molecule has 0 saturated carbocycles. The molecular formula is C13H15N3OS. The lowest BCUT2D eigenvalue weighted by Gasteiger charge is -2.10. The van der Waals surface area contributed by atoms with Crippen LogP contribution in [0.15, 0.2) is 36.0 Å². The molecule has 1 aromatic heterocycles. The summed E-state index contributed by atoms with van der Waals surface area (Å²) in [6, 6.07) is 7.85. The number of aromatic nitrogens is 1. The number of nitrogens with zero attached hydrogens (tertiary/aromatic N) is 1. The Balaban J connectivity index is 2.05. The lowest BCUT2D eigenvalue weighted by molar-refractivity contribution is -0.119. The van der Waals surface area contributed by atoms with Gasteiger partial charge in [-0.15, -0.1) is 11.3 Å². The number of hydrogen-bond donors (Lipinski definition) is 2. The second-order valence-electron chi connectivity index (χ2n) is 3.83. The molecule has 2 rings (SSSR count). The number of carbonyl (C=O) groups is 1. The number of carbonyl (C=O) groups excluding carboxylic acids is 1. The molecule has 0 fully saturated rings. The van der Waals surface area contributed by atoms with Crippen molar-refractivity contribution < 1.29 is 4.79 Å². The largest absolute Gasteiger partial charge is 0.380 e. The molecule has 18 heavy (non-hydrogen) atoms. The van der Waals surface area contributed by atoms with Crippen molar-refractivity contribution in [3.63, 3.8) is 0 Å². The van der Waals surface area contributed by atoms with Crippen LogP contribution in [-0.2, 0) is 17.8 Å². The SMILES string of the molecule is CNC(=O)Cc1ccccc1NCc1cncs1. The minimum atomic E-state index is 0.0158. The van der Waals surface area contributed by atoms with Crippen molar-refractivity contribution in [2.24, 2.45) is 0 Å². The predicted octanol–water partition coefficient (Wildman–Crippen LogP) is 2.04. The molecular weight excluding hydrogens is 246 g/mol. The number of nitrogens with one attached hydrogen (secondary N) is 2. The van der Waals surface area contributed by atoms with Gasteiger partial charge < -0.3 is 10.6 Å². The molecule has 1 amide bonds. The summed E-state index contributed by atoms with van der Waals surface area (Å²) in [7, 11) is 1.65. The number of likely N-dealkylation sites (N-methyl/N-ethyl adjacent to an activating group) is 1. The van der Waals surface area contributed by atoms with Gasteiger partial charge in [-0.25, -0.2) is 0 Å². The third-order valence-corrected chi connectivity index (χ3v) is 3.36. The van der Waals surface area contributed by atoms with Crippen LogP contribution in [0.5, 0.6) is 0 Å². The van der Waals surface area contributed by atoms with Crippen molar-refractivity contribution in [2.45, 2.75) is 13.0 Å². The maximum absolute atomic E-state index is 11.4. The lowest BCUT2D eigenvalue weighted by atomic mass is 10.1. The molecule has 0 atom stereocenters. The van der Waals surface area contributed by atoms with Crippen LogP contribution in [-0.4, -0.2) is 17.9 Å². The quantitative estimate of drug-likeness (QED) is 0.866. The Morgan fingerprint density at radius 1 is 1.39 bits per heavy atom. The van der Waals surface area contributed by atoms with Crippen molar-refractivity contribution in [2.75, 3.05) is 12.4 Å². The van der Waals surface area contributed by atoms with Gasteiger partial charge >= 0.3 is 0 Å². The number of rotatable bonds is 5. The van der Waals surface area contributed by atoms with E-state index in [9.17, 15) is 4.79 Å². The summed E-state index contributed by atoms with van der Waals surface area (Å²) in [6.45, 7) is 0.732. The molecule has 2 aromatic rings. The Hall–Kier alpha value is -1.88. The Bertz CT molecular complexity index is 511. The van der Waals surface area contributed by atoms with Crippen LogP contribution in [0.25, 0.3) is 0 Å². The number of benzene rings is 1. The van der Waals surface area contributed by atoms with Crippen LogP contribution in [0.4, 0.5) is 5.69 Å². The van der Waals surface area contributed by atoms with Gasteiger partial charge in [0, 0.05) is 23.8 Å². The standard InChI is InChI=1S/C13H15N3OS/c1-14-13(17)6-10-4-2-3-5-12(10)16-8-11-7-15-9-18-11/h2-5,7,9,16H,6,8H2,1H3,(H,14,17). The van der Waals surface area contributed by atoms with Crippen LogP contribution in [0, 0.1) is 0 Å². The first kappa shape index (κ1) is 12.6. The maximum Gasteiger partial charge on any atom is 0.224 e. The maximum atomic E-state index is 11.4. The molecule has 5 heteroatoms. The molecule has 4 nitrogen and oxygen atoms in total. The van der Waals surface area contributed by atoms with Crippen LogP contribution < -0.4 is 10.6 Å². The van der Waals surface area contributed by atoms with E-state index in [0.717, 1.165) is 17.8 Å². The van der Waals surface area contributed by atoms with Gasteiger partial charge in [0.25, 0.3) is 0 Å². The van der Waals surface area contributed by atoms with Crippen molar-refractivity contribution in [3.05, 3.63) is 46.4 Å². The number of para-hydroxylation sites is 1. The Morgan fingerprint density at radius 3 is 2.94 bits per heavy atom. The summed E-state index contributed by atoms with van der Waals surface area (Å²) < 4.78 is 0. The smallest absolute Gasteiger partial charge is 0.224 e. The van der Waals surface area contributed by atoms with Gasteiger partial charge in [-0.3, -0.25) is 9.78 Å². The highest BCUT2D eigenvalue weighted by atomic mass is 32.1. The van der Waals surface area contributed by atoms with E-state index in [4.69, 9.17) is 0 Å². The van der Waals surface area contributed by atoms with E-state index in [0.29, 0.717) is 6.42 Å². The number of thiazole rings is 1. The van der Waals surface area contributed by atoms with E-state index >= 15 is 0 Å². The summed E-state index contributed by atoms with van der Waals surface area (Å²) in [5.41, 5.74) is 3.81. The van der Waals surface area contributed by atoms with Crippen LogP contribution in [0.2, 0.25) is 0 Å². The van der Waals surface area contributed by atoms with Crippen LogP contribution in [0.3, 0.4) is 0 Å². The van der Waals surface area contributed by atoms with Gasteiger partial charge in [-0.2, -0.15) is 0 Å². The monoisotopic (exact) mass is 261 g/mol. The van der Waals surface area contributed by atoms with E-state index in [-0.39, 0.29) is 5.91 Å². The summed E-state index contributed by atoms with van der Waals surface area (Å²) >= 11 is 1.61. The second kappa shape index (κ2) is 6.16. The molecule has 0 spiro atoms. The predicted molar refractivity (Wildman–Crippen MR) is 73.7 cm³/mol. The second-order valence-corrected chi connectivity index (χ2v) is 4.80. The highest BCUT2D eigenvalue weighted by Crippen LogP contribution is 2.17. The van der Waals surface area contributed by atoms with E-state index in [1.165, 1.54) is 4.88 Å². The molecule has 0 unspecified atom stereocenters. The van der Waals surface area contributed by atoms with Gasteiger partial charge in [0.1, 0.15) is 0 Å². The van der Waals surface area contributed by atoms with Crippen LogP contribution in [0.1, 0.15) is 10.4 Å². The van der Waals surface area contributed by atoms with Crippen molar-refractivity contribution in [3.8, 4) is 0 Å². The topological polar surface area (TPSA) is 54.0 Å². The minimum Gasteiger partial charge on any atom is -0.380 e. The Kier molecular flexibility index (Phi) is 4.30. The van der Waals surface area contributed by atoms with Gasteiger partial charge in [-0.1, -0.05) is 18.2 Å². The molecule has 94 valence electrons. The van der Waals surface area contributed by atoms with Crippen molar-refractivity contribution >= 4 is 22.9 Å². The normalized spacial score (nSPS) is 10.1.